The summed E-state index contributed by atoms with van der Waals surface area (Å²) in [6.07, 6.45) is 0. The molecule has 0 saturated heterocycles. The van der Waals surface area contributed by atoms with Gasteiger partial charge in [-0.3, -0.25) is 4.79 Å². The maximum atomic E-state index is 13.8. The van der Waals surface area contributed by atoms with Gasteiger partial charge in [0.15, 0.2) is 0 Å². The van der Waals surface area contributed by atoms with Crippen LogP contribution in [0.3, 0.4) is 0 Å². The molecule has 7 nitrogen and oxygen atoms in total. The van der Waals surface area contributed by atoms with E-state index in [4.69, 9.17) is 4.74 Å². The predicted molar refractivity (Wildman–Crippen MR) is 102 cm³/mol. The number of halogens is 2. The van der Waals surface area contributed by atoms with Crippen molar-refractivity contribution < 1.29 is 23.1 Å². The molecule has 3 rings (SSSR count). The molecule has 0 spiro atoms. The van der Waals surface area contributed by atoms with E-state index in [9.17, 15) is 18.4 Å². The zero-order valence-electron chi connectivity index (χ0n) is 15.5. The molecule has 2 N–H and O–H groups in total. The van der Waals surface area contributed by atoms with Crippen LogP contribution in [-0.4, -0.2) is 29.0 Å². The molecule has 0 atom stereocenters. The lowest BCUT2D eigenvalue weighted by Gasteiger charge is -2.11. The van der Waals surface area contributed by atoms with Crippen LogP contribution in [0.25, 0.3) is 0 Å². The minimum Gasteiger partial charge on any atom is -0.465 e. The first-order valence-corrected chi connectivity index (χ1v) is 8.44. The van der Waals surface area contributed by atoms with Crippen LogP contribution in [0.15, 0.2) is 48.5 Å². The standard InChI is InChI=1S/C20H16F2N4O3/c1-11-10-16(18(27)26-17-13(21)7-5-8-14(17)22)25-20(23-11)24-15-9-4-3-6-12(15)19(28)29-2/h3-10H,1-2H3,(H,26,27)(H,23,24,25). The molecule has 3 aromatic rings. The van der Waals surface area contributed by atoms with Crippen molar-refractivity contribution in [1.29, 1.82) is 0 Å². The number of anilines is 3. The SMILES string of the molecule is COC(=O)c1ccccc1Nc1nc(C)cc(C(=O)Nc2c(F)cccc2F)n1. The average Bonchev–Trinajstić information content (AvgIpc) is 2.70. The fraction of sp³-hybridized carbons (Fsp3) is 0.100. The fourth-order valence-corrected chi connectivity index (χ4v) is 2.54. The number of benzene rings is 2. The largest absolute Gasteiger partial charge is 0.465 e. The number of hydrogen-bond donors (Lipinski definition) is 2. The molecule has 0 bridgehead atoms. The Kier molecular flexibility index (Phi) is 5.77. The first kappa shape index (κ1) is 19.9. The zero-order valence-corrected chi connectivity index (χ0v) is 15.5. The van der Waals surface area contributed by atoms with E-state index in [-0.39, 0.29) is 17.2 Å². The van der Waals surface area contributed by atoms with Crippen molar-refractivity contribution in [2.24, 2.45) is 0 Å². The van der Waals surface area contributed by atoms with Crippen molar-refractivity contribution in [1.82, 2.24) is 9.97 Å². The van der Waals surface area contributed by atoms with Gasteiger partial charge in [-0.15, -0.1) is 0 Å². The van der Waals surface area contributed by atoms with Gasteiger partial charge in [0.25, 0.3) is 5.91 Å². The van der Waals surface area contributed by atoms with Gasteiger partial charge in [0, 0.05) is 5.69 Å². The molecule has 1 amide bonds. The van der Waals surface area contributed by atoms with Gasteiger partial charge in [-0.1, -0.05) is 18.2 Å². The summed E-state index contributed by atoms with van der Waals surface area (Å²) in [5.41, 5.74) is 0.366. The number of hydrogen-bond acceptors (Lipinski definition) is 6. The lowest BCUT2D eigenvalue weighted by Crippen LogP contribution is -2.17. The van der Waals surface area contributed by atoms with Crippen LogP contribution >= 0.6 is 0 Å². The average molecular weight is 398 g/mol. The summed E-state index contributed by atoms with van der Waals surface area (Å²) in [7, 11) is 1.26. The molecule has 9 heteroatoms. The molecule has 0 aliphatic carbocycles. The highest BCUT2D eigenvalue weighted by Crippen LogP contribution is 2.21. The number of nitrogens with one attached hydrogen (secondary N) is 2. The van der Waals surface area contributed by atoms with E-state index in [1.807, 2.05) is 0 Å². The van der Waals surface area contributed by atoms with Crippen molar-refractivity contribution >= 4 is 29.2 Å². The summed E-state index contributed by atoms with van der Waals surface area (Å²) in [4.78, 5) is 32.6. The maximum absolute atomic E-state index is 13.8. The second-order valence-corrected chi connectivity index (χ2v) is 5.93. The number of ether oxygens (including phenoxy) is 1. The van der Waals surface area contributed by atoms with E-state index in [1.54, 1.807) is 31.2 Å². The second-order valence-electron chi connectivity index (χ2n) is 5.93. The van der Waals surface area contributed by atoms with E-state index in [1.165, 1.54) is 19.2 Å². The Morgan fingerprint density at radius 2 is 1.69 bits per heavy atom. The number of para-hydroxylation sites is 2. The number of amides is 1. The maximum Gasteiger partial charge on any atom is 0.339 e. The molecule has 1 heterocycles. The third-order valence-corrected chi connectivity index (χ3v) is 3.87. The van der Waals surface area contributed by atoms with Gasteiger partial charge in [0.1, 0.15) is 23.0 Å². The first-order chi connectivity index (χ1) is 13.9. The molecule has 148 valence electrons. The molecular weight excluding hydrogens is 382 g/mol. The first-order valence-electron chi connectivity index (χ1n) is 8.44. The van der Waals surface area contributed by atoms with Crippen LogP contribution in [0.2, 0.25) is 0 Å². The highest BCUT2D eigenvalue weighted by atomic mass is 19.1. The van der Waals surface area contributed by atoms with E-state index < -0.39 is 29.2 Å². The van der Waals surface area contributed by atoms with Crippen molar-refractivity contribution in [2.45, 2.75) is 6.92 Å². The van der Waals surface area contributed by atoms with Gasteiger partial charge in [-0.05, 0) is 37.3 Å². The van der Waals surface area contributed by atoms with Gasteiger partial charge in [0.05, 0.1) is 18.4 Å². The lowest BCUT2D eigenvalue weighted by atomic mass is 10.2. The Bertz CT molecular complexity index is 1070. The van der Waals surface area contributed by atoms with Gasteiger partial charge >= 0.3 is 5.97 Å². The van der Waals surface area contributed by atoms with Gasteiger partial charge in [-0.2, -0.15) is 0 Å². The van der Waals surface area contributed by atoms with Crippen LogP contribution in [0.5, 0.6) is 0 Å². The monoisotopic (exact) mass is 398 g/mol. The molecule has 0 aliphatic heterocycles. The van der Waals surface area contributed by atoms with Crippen molar-refractivity contribution in [3.8, 4) is 0 Å². The van der Waals surface area contributed by atoms with Gasteiger partial charge in [-0.25, -0.2) is 23.5 Å². The summed E-state index contributed by atoms with van der Waals surface area (Å²) < 4.78 is 32.3. The molecule has 0 radical (unpaired) electrons. The highest BCUT2D eigenvalue weighted by molar-refractivity contribution is 6.03. The number of rotatable bonds is 5. The van der Waals surface area contributed by atoms with Crippen LogP contribution in [0.1, 0.15) is 26.5 Å². The predicted octanol–water partition coefficient (Wildman–Crippen LogP) is 3.85. The molecule has 0 fully saturated rings. The number of carbonyl (C=O) groups is 2. The lowest BCUT2D eigenvalue weighted by molar-refractivity contribution is 0.0601. The van der Waals surface area contributed by atoms with E-state index >= 15 is 0 Å². The van der Waals surface area contributed by atoms with Crippen molar-refractivity contribution in [2.75, 3.05) is 17.7 Å². The third kappa shape index (κ3) is 4.52. The summed E-state index contributed by atoms with van der Waals surface area (Å²) in [5.74, 6) is -3.16. The highest BCUT2D eigenvalue weighted by Gasteiger charge is 2.17. The number of nitrogens with zero attached hydrogens (tertiary/aromatic N) is 2. The number of carbonyl (C=O) groups excluding carboxylic acids is 2. The molecule has 0 saturated carbocycles. The van der Waals surface area contributed by atoms with Crippen LogP contribution in [-0.2, 0) is 4.74 Å². The van der Waals surface area contributed by atoms with Gasteiger partial charge in [0.2, 0.25) is 5.95 Å². The number of aromatic nitrogens is 2. The quantitative estimate of drug-likeness (QED) is 0.635. The van der Waals surface area contributed by atoms with Crippen molar-refractivity contribution in [3.63, 3.8) is 0 Å². The smallest absolute Gasteiger partial charge is 0.339 e. The minimum atomic E-state index is -0.908. The third-order valence-electron chi connectivity index (χ3n) is 3.87. The van der Waals surface area contributed by atoms with E-state index in [0.29, 0.717) is 11.4 Å². The number of methoxy groups -OCH3 is 1. The Hall–Kier alpha value is -3.88. The summed E-state index contributed by atoms with van der Waals surface area (Å²) in [6.45, 7) is 1.62. The van der Waals surface area contributed by atoms with Crippen LogP contribution in [0.4, 0.5) is 26.1 Å². The Balaban J connectivity index is 1.89. The summed E-state index contributed by atoms with van der Waals surface area (Å²) in [6, 6.07) is 11.1. The van der Waals surface area contributed by atoms with Gasteiger partial charge < -0.3 is 15.4 Å². The molecule has 0 unspecified atom stereocenters. The molecule has 0 aliphatic rings. The normalized spacial score (nSPS) is 10.3. The Morgan fingerprint density at radius 1 is 1.00 bits per heavy atom. The van der Waals surface area contributed by atoms with Crippen molar-refractivity contribution in [3.05, 3.63) is 77.1 Å². The molecule has 1 aromatic heterocycles. The fourth-order valence-electron chi connectivity index (χ4n) is 2.54. The zero-order chi connectivity index (χ0) is 21.0. The molecule has 29 heavy (non-hydrogen) atoms. The van der Waals surface area contributed by atoms with Crippen LogP contribution in [0, 0.1) is 18.6 Å². The number of esters is 1. The molecular formula is C20H16F2N4O3. The second kappa shape index (κ2) is 8.42. The van der Waals surface area contributed by atoms with E-state index in [0.717, 1.165) is 12.1 Å². The number of aryl methyl sites for hydroxylation is 1. The van der Waals surface area contributed by atoms with Crippen LogP contribution < -0.4 is 10.6 Å². The Labute approximate surface area is 164 Å². The Morgan fingerprint density at radius 3 is 2.38 bits per heavy atom. The minimum absolute atomic E-state index is 0.0282. The topological polar surface area (TPSA) is 93.2 Å². The summed E-state index contributed by atoms with van der Waals surface area (Å²) in [5, 5.41) is 5.03. The van der Waals surface area contributed by atoms with E-state index in [2.05, 4.69) is 20.6 Å². The molecule has 2 aromatic carbocycles. The summed E-state index contributed by atoms with van der Waals surface area (Å²) >= 11 is 0.